The van der Waals surface area contributed by atoms with Crippen molar-refractivity contribution in [1.29, 1.82) is 0 Å². The smallest absolute Gasteiger partial charge is 0.278 e. The summed E-state index contributed by atoms with van der Waals surface area (Å²) >= 11 is 0. The second kappa shape index (κ2) is 7.56. The lowest BCUT2D eigenvalue weighted by molar-refractivity contribution is -0.385. The van der Waals surface area contributed by atoms with E-state index < -0.39 is 10.8 Å². The average molecular weight is 352 g/mol. The first-order chi connectivity index (χ1) is 12.5. The van der Waals surface area contributed by atoms with Crippen LogP contribution in [0.15, 0.2) is 53.6 Å². The summed E-state index contributed by atoms with van der Waals surface area (Å²) < 4.78 is 0. The van der Waals surface area contributed by atoms with E-state index in [0.717, 1.165) is 12.8 Å². The van der Waals surface area contributed by atoms with Gasteiger partial charge in [-0.2, -0.15) is 5.10 Å². The number of hydrogen-bond donors (Lipinski definition) is 2. The number of anilines is 1. The molecule has 0 aromatic heterocycles. The molecule has 0 spiro atoms. The Kier molecular flexibility index (Phi) is 5.02. The molecular weight excluding hydrogens is 336 g/mol. The number of carbonyl (C=O) groups is 2. The van der Waals surface area contributed by atoms with E-state index in [2.05, 4.69) is 15.8 Å². The summed E-state index contributed by atoms with van der Waals surface area (Å²) in [5.74, 6) is -0.356. The van der Waals surface area contributed by atoms with Crippen LogP contribution in [0.1, 0.15) is 28.8 Å². The summed E-state index contributed by atoms with van der Waals surface area (Å²) in [6.07, 6.45) is 3.06. The third kappa shape index (κ3) is 4.29. The first-order valence-corrected chi connectivity index (χ1v) is 8.02. The van der Waals surface area contributed by atoms with Crippen molar-refractivity contribution in [3.8, 4) is 0 Å². The molecule has 1 saturated carbocycles. The summed E-state index contributed by atoms with van der Waals surface area (Å²) in [5.41, 5.74) is 3.50. The molecule has 0 atom stereocenters. The Labute approximate surface area is 149 Å². The number of para-hydroxylation sites is 1. The molecule has 2 aromatic carbocycles. The number of nitro groups is 1. The zero-order chi connectivity index (χ0) is 18.5. The monoisotopic (exact) mass is 352 g/mol. The van der Waals surface area contributed by atoms with Crippen molar-refractivity contribution in [1.82, 2.24) is 5.43 Å². The highest BCUT2D eigenvalue weighted by atomic mass is 16.6. The first kappa shape index (κ1) is 17.3. The van der Waals surface area contributed by atoms with Gasteiger partial charge in [0.25, 0.3) is 11.6 Å². The van der Waals surface area contributed by atoms with Crippen molar-refractivity contribution in [3.63, 3.8) is 0 Å². The van der Waals surface area contributed by atoms with E-state index in [1.165, 1.54) is 18.3 Å². The van der Waals surface area contributed by atoms with Crippen LogP contribution in [0.4, 0.5) is 11.4 Å². The number of nitrogens with zero attached hydrogens (tertiary/aromatic N) is 2. The van der Waals surface area contributed by atoms with Crippen molar-refractivity contribution in [2.75, 3.05) is 5.32 Å². The SMILES string of the molecule is O=C(NN=Cc1ccccc1[N+](=O)[O-])c1ccc(NC(=O)C2CC2)cc1. The zero-order valence-corrected chi connectivity index (χ0v) is 13.7. The molecule has 132 valence electrons. The van der Waals surface area contributed by atoms with Gasteiger partial charge < -0.3 is 5.32 Å². The normalized spacial score (nSPS) is 13.4. The second-order valence-electron chi connectivity index (χ2n) is 5.86. The van der Waals surface area contributed by atoms with E-state index in [1.807, 2.05) is 0 Å². The number of rotatable bonds is 6. The van der Waals surface area contributed by atoms with Crippen LogP contribution in [-0.4, -0.2) is 23.0 Å². The van der Waals surface area contributed by atoms with Crippen molar-refractivity contribution in [2.45, 2.75) is 12.8 Å². The number of hydrogen-bond acceptors (Lipinski definition) is 5. The fourth-order valence-electron chi connectivity index (χ4n) is 2.28. The van der Waals surface area contributed by atoms with E-state index in [4.69, 9.17) is 0 Å². The maximum Gasteiger partial charge on any atom is 0.278 e. The Hall–Kier alpha value is -3.55. The van der Waals surface area contributed by atoms with Crippen LogP contribution in [0.3, 0.4) is 0 Å². The standard InChI is InChI=1S/C18H16N4O4/c23-17(12-5-6-12)20-15-9-7-13(8-10-15)18(24)21-19-11-14-3-1-2-4-16(14)22(25)26/h1-4,7-12H,5-6H2,(H,20,23)(H,21,24). The summed E-state index contributed by atoms with van der Waals surface area (Å²) in [5, 5.41) is 17.5. The number of amides is 2. The van der Waals surface area contributed by atoms with Crippen LogP contribution in [0.2, 0.25) is 0 Å². The maximum atomic E-state index is 12.1. The number of benzene rings is 2. The van der Waals surface area contributed by atoms with E-state index in [1.54, 1.807) is 36.4 Å². The molecular formula is C18H16N4O4. The quantitative estimate of drug-likeness (QED) is 0.472. The molecule has 0 radical (unpaired) electrons. The molecule has 0 saturated heterocycles. The fourth-order valence-corrected chi connectivity index (χ4v) is 2.28. The topological polar surface area (TPSA) is 114 Å². The molecule has 2 N–H and O–H groups in total. The third-order valence-corrected chi connectivity index (χ3v) is 3.87. The Bertz CT molecular complexity index is 873. The van der Waals surface area contributed by atoms with E-state index in [-0.39, 0.29) is 23.1 Å². The van der Waals surface area contributed by atoms with Crippen molar-refractivity contribution >= 4 is 29.4 Å². The molecule has 0 bridgehead atoms. The summed E-state index contributed by atoms with van der Waals surface area (Å²) in [6.45, 7) is 0. The van der Waals surface area contributed by atoms with Gasteiger partial charge >= 0.3 is 0 Å². The Morgan fingerprint density at radius 1 is 1.12 bits per heavy atom. The minimum atomic E-state index is -0.516. The molecule has 0 heterocycles. The number of carbonyl (C=O) groups excluding carboxylic acids is 2. The maximum absolute atomic E-state index is 12.1. The molecule has 1 aliphatic carbocycles. The van der Waals surface area contributed by atoms with Gasteiger partial charge in [-0.05, 0) is 43.2 Å². The van der Waals surface area contributed by atoms with Crippen molar-refractivity contribution < 1.29 is 14.5 Å². The average Bonchev–Trinajstić information content (AvgIpc) is 3.47. The molecule has 8 heteroatoms. The first-order valence-electron chi connectivity index (χ1n) is 8.02. The lowest BCUT2D eigenvalue weighted by atomic mass is 10.2. The van der Waals surface area contributed by atoms with E-state index in [9.17, 15) is 19.7 Å². The zero-order valence-electron chi connectivity index (χ0n) is 13.7. The van der Waals surface area contributed by atoms with Gasteiger partial charge in [-0.3, -0.25) is 19.7 Å². The Balaban J connectivity index is 1.59. The van der Waals surface area contributed by atoms with Gasteiger partial charge in [0, 0.05) is 23.2 Å². The van der Waals surface area contributed by atoms with Gasteiger partial charge in [0.05, 0.1) is 16.7 Å². The Morgan fingerprint density at radius 2 is 1.81 bits per heavy atom. The highest BCUT2D eigenvalue weighted by molar-refractivity contribution is 5.97. The molecule has 1 aliphatic rings. The van der Waals surface area contributed by atoms with Crippen LogP contribution in [0.5, 0.6) is 0 Å². The van der Waals surface area contributed by atoms with Crippen molar-refractivity contribution in [2.24, 2.45) is 11.0 Å². The summed E-state index contributed by atoms with van der Waals surface area (Å²) in [4.78, 5) is 34.2. The van der Waals surface area contributed by atoms with Crippen LogP contribution >= 0.6 is 0 Å². The van der Waals surface area contributed by atoms with Crippen LogP contribution < -0.4 is 10.7 Å². The van der Waals surface area contributed by atoms with Crippen LogP contribution in [0.25, 0.3) is 0 Å². The molecule has 2 aromatic rings. The minimum absolute atomic E-state index is 0.00347. The van der Waals surface area contributed by atoms with Gasteiger partial charge in [-0.25, -0.2) is 5.43 Å². The van der Waals surface area contributed by atoms with Crippen LogP contribution in [-0.2, 0) is 4.79 Å². The fraction of sp³-hybridized carbons (Fsp3) is 0.167. The van der Waals surface area contributed by atoms with Gasteiger partial charge in [0.1, 0.15) is 0 Å². The largest absolute Gasteiger partial charge is 0.326 e. The predicted molar refractivity (Wildman–Crippen MR) is 96.0 cm³/mol. The molecule has 8 nitrogen and oxygen atoms in total. The van der Waals surface area contributed by atoms with Crippen molar-refractivity contribution in [3.05, 3.63) is 69.8 Å². The number of hydrazone groups is 1. The summed E-state index contributed by atoms with van der Waals surface area (Å²) in [7, 11) is 0. The molecule has 3 rings (SSSR count). The third-order valence-electron chi connectivity index (χ3n) is 3.87. The molecule has 0 aliphatic heterocycles. The molecule has 1 fully saturated rings. The van der Waals surface area contributed by atoms with Gasteiger partial charge in [-0.15, -0.1) is 0 Å². The number of nitrogens with one attached hydrogen (secondary N) is 2. The summed E-state index contributed by atoms with van der Waals surface area (Å²) in [6, 6.07) is 12.5. The Morgan fingerprint density at radius 3 is 2.46 bits per heavy atom. The van der Waals surface area contributed by atoms with E-state index >= 15 is 0 Å². The van der Waals surface area contributed by atoms with Gasteiger partial charge in [-0.1, -0.05) is 12.1 Å². The highest BCUT2D eigenvalue weighted by Crippen LogP contribution is 2.30. The lowest BCUT2D eigenvalue weighted by Gasteiger charge is -2.05. The molecule has 26 heavy (non-hydrogen) atoms. The van der Waals surface area contributed by atoms with E-state index in [0.29, 0.717) is 11.3 Å². The second-order valence-corrected chi connectivity index (χ2v) is 5.86. The number of nitro benzene ring substituents is 1. The molecule has 0 unspecified atom stereocenters. The minimum Gasteiger partial charge on any atom is -0.326 e. The van der Waals surface area contributed by atoms with Crippen LogP contribution in [0, 0.1) is 16.0 Å². The highest BCUT2D eigenvalue weighted by Gasteiger charge is 2.29. The van der Waals surface area contributed by atoms with Gasteiger partial charge in [0.2, 0.25) is 5.91 Å². The van der Waals surface area contributed by atoms with Gasteiger partial charge in [0.15, 0.2) is 0 Å². The molecule has 2 amide bonds. The lowest BCUT2D eigenvalue weighted by Crippen LogP contribution is -2.18. The predicted octanol–water partition coefficient (Wildman–Crippen LogP) is 2.71.